The fourth-order valence-electron chi connectivity index (χ4n) is 3.61. The van der Waals surface area contributed by atoms with Crippen molar-refractivity contribution in [2.75, 3.05) is 20.3 Å². The summed E-state index contributed by atoms with van der Waals surface area (Å²) >= 11 is 0. The van der Waals surface area contributed by atoms with Gasteiger partial charge >= 0.3 is 0 Å². The van der Waals surface area contributed by atoms with E-state index in [1.807, 2.05) is 0 Å². The van der Waals surface area contributed by atoms with Crippen LogP contribution in [0.15, 0.2) is 0 Å². The van der Waals surface area contributed by atoms with Crippen molar-refractivity contribution in [3.8, 4) is 0 Å². The normalized spacial score (nSPS) is 28.6. The molecule has 0 aromatic carbocycles. The van der Waals surface area contributed by atoms with E-state index in [1.165, 1.54) is 71.3 Å². The molecule has 0 spiro atoms. The number of unbranched alkanes of at least 4 members (excludes halogenated alkanes) is 11. The first kappa shape index (κ1) is 24.8. The summed E-state index contributed by atoms with van der Waals surface area (Å²) in [6, 6.07) is 0. The van der Waals surface area contributed by atoms with Crippen LogP contribution in [-0.2, 0) is 14.2 Å². The van der Waals surface area contributed by atoms with E-state index < -0.39 is 30.7 Å². The average molecular weight is 391 g/mol. The highest BCUT2D eigenvalue weighted by Crippen LogP contribution is 2.24. The van der Waals surface area contributed by atoms with Crippen molar-refractivity contribution in [2.24, 2.45) is 0 Å². The second-order valence-electron chi connectivity index (χ2n) is 7.67. The third kappa shape index (κ3) is 9.68. The van der Waals surface area contributed by atoms with Gasteiger partial charge in [-0.1, -0.05) is 77.6 Å². The van der Waals surface area contributed by atoms with Crippen LogP contribution in [0.2, 0.25) is 0 Å². The summed E-state index contributed by atoms with van der Waals surface area (Å²) in [6.45, 7) is 2.39. The van der Waals surface area contributed by atoms with Crippen molar-refractivity contribution in [3.63, 3.8) is 0 Å². The van der Waals surface area contributed by atoms with Crippen LogP contribution in [0.1, 0.15) is 84.0 Å². The lowest BCUT2D eigenvalue weighted by atomic mass is 9.99. The van der Waals surface area contributed by atoms with E-state index in [2.05, 4.69) is 6.92 Å². The number of aliphatic hydroxyl groups is 3. The predicted octanol–water partition coefficient (Wildman–Crippen LogP) is 3.16. The Bertz CT molecular complexity index is 325. The van der Waals surface area contributed by atoms with Crippen LogP contribution in [0.4, 0.5) is 0 Å². The van der Waals surface area contributed by atoms with Crippen LogP contribution >= 0.6 is 0 Å². The van der Waals surface area contributed by atoms with Crippen LogP contribution in [0, 0.1) is 0 Å². The van der Waals surface area contributed by atoms with E-state index in [0.29, 0.717) is 6.61 Å². The van der Waals surface area contributed by atoms with Crippen molar-refractivity contribution in [1.82, 2.24) is 0 Å². The summed E-state index contributed by atoms with van der Waals surface area (Å²) in [5.41, 5.74) is 0. The summed E-state index contributed by atoms with van der Waals surface area (Å²) in [5, 5.41) is 29.7. The first-order valence-electron chi connectivity index (χ1n) is 10.9. The molecule has 1 saturated heterocycles. The number of rotatable bonds is 16. The van der Waals surface area contributed by atoms with Crippen molar-refractivity contribution in [1.29, 1.82) is 0 Å². The van der Waals surface area contributed by atoms with Crippen LogP contribution in [0.3, 0.4) is 0 Å². The van der Waals surface area contributed by atoms with Crippen molar-refractivity contribution in [2.45, 2.75) is 115 Å². The summed E-state index contributed by atoms with van der Waals surface area (Å²) in [6.07, 6.45) is 10.7. The van der Waals surface area contributed by atoms with Gasteiger partial charge in [0, 0.05) is 13.7 Å². The molecule has 6 heteroatoms. The monoisotopic (exact) mass is 390 g/mol. The third-order valence-electron chi connectivity index (χ3n) is 5.36. The van der Waals surface area contributed by atoms with E-state index in [9.17, 15) is 15.3 Å². The van der Waals surface area contributed by atoms with E-state index in [-0.39, 0.29) is 6.61 Å². The van der Waals surface area contributed by atoms with Gasteiger partial charge in [0.25, 0.3) is 0 Å². The van der Waals surface area contributed by atoms with Crippen molar-refractivity contribution < 1.29 is 29.5 Å². The van der Waals surface area contributed by atoms with Gasteiger partial charge in [-0.05, 0) is 6.42 Å². The fraction of sp³-hybridized carbons (Fsp3) is 1.00. The number of hydrogen-bond acceptors (Lipinski definition) is 6. The molecule has 0 radical (unpaired) electrons. The SMILES string of the molecule is CCCCCCCCCCCCCCO[C@H]1[C@@H](O)[C@@H](CO)O[C@@H](OC)[C@@H]1O. The third-order valence-corrected chi connectivity index (χ3v) is 5.36. The molecule has 0 aliphatic carbocycles. The van der Waals surface area contributed by atoms with Crippen molar-refractivity contribution in [3.05, 3.63) is 0 Å². The minimum Gasteiger partial charge on any atom is -0.394 e. The lowest BCUT2D eigenvalue weighted by molar-refractivity contribution is -0.301. The molecular formula is C21H42O6. The molecule has 1 heterocycles. The Kier molecular flexibility index (Phi) is 14.4. The van der Waals surface area contributed by atoms with Gasteiger partial charge in [-0.3, -0.25) is 0 Å². The van der Waals surface area contributed by atoms with E-state index in [0.717, 1.165) is 12.8 Å². The molecule has 1 aliphatic rings. The molecule has 0 saturated carbocycles. The van der Waals surface area contributed by atoms with Gasteiger partial charge in [0.15, 0.2) is 6.29 Å². The molecule has 3 N–H and O–H groups in total. The minimum atomic E-state index is -1.06. The molecule has 6 nitrogen and oxygen atoms in total. The maximum atomic E-state index is 10.2. The quantitative estimate of drug-likeness (QED) is 0.351. The Labute approximate surface area is 165 Å². The molecule has 0 amide bonds. The van der Waals surface area contributed by atoms with Crippen molar-refractivity contribution >= 4 is 0 Å². The summed E-state index contributed by atoms with van der Waals surface area (Å²) in [5.74, 6) is 0. The molecule has 1 rings (SSSR count). The maximum absolute atomic E-state index is 10.2. The topological polar surface area (TPSA) is 88.4 Å². The smallest absolute Gasteiger partial charge is 0.186 e. The number of hydrogen-bond donors (Lipinski definition) is 3. The van der Waals surface area contributed by atoms with Gasteiger partial charge in [0.2, 0.25) is 0 Å². The lowest BCUT2D eigenvalue weighted by Gasteiger charge is -2.41. The Morgan fingerprint density at radius 2 is 1.30 bits per heavy atom. The molecule has 0 aromatic rings. The number of ether oxygens (including phenoxy) is 3. The molecular weight excluding hydrogens is 348 g/mol. The largest absolute Gasteiger partial charge is 0.394 e. The molecule has 0 unspecified atom stereocenters. The maximum Gasteiger partial charge on any atom is 0.186 e. The molecule has 1 fully saturated rings. The first-order chi connectivity index (χ1) is 13.2. The number of aliphatic hydroxyl groups excluding tert-OH is 3. The predicted molar refractivity (Wildman–Crippen MR) is 106 cm³/mol. The second-order valence-corrected chi connectivity index (χ2v) is 7.67. The standard InChI is InChI=1S/C21H42O6/c1-3-4-5-6-7-8-9-10-11-12-13-14-15-26-20-18(23)17(16-22)27-21(25-2)19(20)24/h17-24H,3-16H2,1-2H3/t17-,18+,19-,20+,21-/m1/s1. The Hall–Kier alpha value is -0.240. The molecule has 162 valence electrons. The minimum absolute atomic E-state index is 0.341. The molecule has 5 atom stereocenters. The van der Waals surface area contributed by atoms with Gasteiger partial charge in [-0.25, -0.2) is 0 Å². The van der Waals surface area contributed by atoms with Gasteiger partial charge < -0.3 is 29.5 Å². The van der Waals surface area contributed by atoms with Crippen LogP contribution in [0.5, 0.6) is 0 Å². The second kappa shape index (κ2) is 15.7. The van der Waals surface area contributed by atoms with E-state index >= 15 is 0 Å². The molecule has 0 bridgehead atoms. The van der Waals surface area contributed by atoms with Crippen LogP contribution < -0.4 is 0 Å². The summed E-state index contributed by atoms with van der Waals surface area (Å²) in [7, 11) is 1.42. The Balaban J connectivity index is 2.03. The highest BCUT2D eigenvalue weighted by Gasteiger charge is 2.45. The first-order valence-corrected chi connectivity index (χ1v) is 10.9. The number of methoxy groups -OCH3 is 1. The van der Waals surface area contributed by atoms with Crippen LogP contribution in [0.25, 0.3) is 0 Å². The zero-order valence-electron chi connectivity index (χ0n) is 17.4. The van der Waals surface area contributed by atoms with Gasteiger partial charge in [0.1, 0.15) is 24.4 Å². The van der Waals surface area contributed by atoms with Gasteiger partial charge in [-0.15, -0.1) is 0 Å². The summed E-state index contributed by atoms with van der Waals surface area (Å²) < 4.78 is 16.1. The van der Waals surface area contributed by atoms with Crippen LogP contribution in [-0.4, -0.2) is 66.3 Å². The molecule has 1 aliphatic heterocycles. The highest BCUT2D eigenvalue weighted by molar-refractivity contribution is 4.90. The summed E-state index contributed by atoms with van der Waals surface area (Å²) in [4.78, 5) is 0. The average Bonchev–Trinajstić information content (AvgIpc) is 2.68. The van der Waals surface area contributed by atoms with Gasteiger partial charge in [-0.2, -0.15) is 0 Å². The van der Waals surface area contributed by atoms with E-state index in [1.54, 1.807) is 0 Å². The zero-order valence-corrected chi connectivity index (χ0v) is 17.4. The van der Waals surface area contributed by atoms with E-state index in [4.69, 9.17) is 14.2 Å². The fourth-order valence-corrected chi connectivity index (χ4v) is 3.61. The Morgan fingerprint density at radius 3 is 1.78 bits per heavy atom. The lowest BCUT2D eigenvalue weighted by Crippen LogP contribution is -2.59. The Morgan fingerprint density at radius 1 is 0.778 bits per heavy atom. The zero-order chi connectivity index (χ0) is 19.9. The van der Waals surface area contributed by atoms with Gasteiger partial charge in [0.05, 0.1) is 6.61 Å². The molecule has 27 heavy (non-hydrogen) atoms. The molecule has 0 aromatic heterocycles. The highest BCUT2D eigenvalue weighted by atomic mass is 16.7.